The number of aromatic nitrogens is 1. The zero-order valence-electron chi connectivity index (χ0n) is 6.47. The minimum absolute atomic E-state index is 0.170. The molecule has 0 aliphatic rings. The number of rotatable bonds is 0. The number of hydrogen-bond acceptors (Lipinski definition) is 1. The Morgan fingerprint density at radius 2 is 1.92 bits per heavy atom. The summed E-state index contributed by atoms with van der Waals surface area (Å²) in [7, 11) is 0. The molecule has 2 rings (SSSR count). The third-order valence-electron chi connectivity index (χ3n) is 1.75. The minimum Gasteiger partial charge on any atom is -0.321 e. The van der Waals surface area contributed by atoms with Crippen molar-refractivity contribution in [2.75, 3.05) is 0 Å². The first kappa shape index (κ1) is 8.60. The predicted octanol–water partition coefficient (Wildman–Crippen LogP) is 2.83. The Morgan fingerprint density at radius 1 is 1.15 bits per heavy atom. The van der Waals surface area contributed by atoms with Gasteiger partial charge < -0.3 is 4.98 Å². The SMILES string of the molecule is O=c1ccc2cc(Cl)cc(Cl)c2[nH]1. The van der Waals surface area contributed by atoms with E-state index < -0.39 is 0 Å². The molecule has 13 heavy (non-hydrogen) atoms. The van der Waals surface area contributed by atoms with Crippen LogP contribution in [0, 0.1) is 0 Å². The number of nitrogens with one attached hydrogen (secondary N) is 1. The zero-order chi connectivity index (χ0) is 9.42. The van der Waals surface area contributed by atoms with E-state index in [1.54, 1.807) is 18.2 Å². The number of hydrogen-bond donors (Lipinski definition) is 1. The van der Waals surface area contributed by atoms with Crippen molar-refractivity contribution < 1.29 is 0 Å². The van der Waals surface area contributed by atoms with Gasteiger partial charge in [0, 0.05) is 16.5 Å². The summed E-state index contributed by atoms with van der Waals surface area (Å²) in [6.45, 7) is 0. The number of aromatic amines is 1. The maximum atomic E-state index is 11.0. The summed E-state index contributed by atoms with van der Waals surface area (Å²) in [4.78, 5) is 13.6. The number of pyridine rings is 1. The summed E-state index contributed by atoms with van der Waals surface area (Å²) in [5, 5.41) is 1.85. The van der Waals surface area contributed by atoms with Gasteiger partial charge in [0.05, 0.1) is 10.5 Å². The first-order valence-electron chi connectivity index (χ1n) is 3.65. The maximum Gasteiger partial charge on any atom is 0.248 e. The summed E-state index contributed by atoms with van der Waals surface area (Å²) >= 11 is 11.7. The molecule has 0 aliphatic carbocycles. The fourth-order valence-corrected chi connectivity index (χ4v) is 1.74. The molecule has 4 heteroatoms. The van der Waals surface area contributed by atoms with Crippen LogP contribution in [0.25, 0.3) is 10.9 Å². The van der Waals surface area contributed by atoms with Crippen molar-refractivity contribution in [1.82, 2.24) is 4.98 Å². The Morgan fingerprint density at radius 3 is 2.69 bits per heavy atom. The van der Waals surface area contributed by atoms with Crippen LogP contribution in [0.3, 0.4) is 0 Å². The second-order valence-electron chi connectivity index (χ2n) is 2.67. The van der Waals surface area contributed by atoms with Crippen LogP contribution in [0.4, 0.5) is 0 Å². The van der Waals surface area contributed by atoms with Crippen molar-refractivity contribution >= 4 is 34.1 Å². The molecule has 66 valence electrons. The van der Waals surface area contributed by atoms with E-state index in [4.69, 9.17) is 23.2 Å². The van der Waals surface area contributed by atoms with E-state index in [0.717, 1.165) is 5.39 Å². The molecule has 0 amide bonds. The average Bonchev–Trinajstić information content (AvgIpc) is 2.06. The van der Waals surface area contributed by atoms with Crippen molar-refractivity contribution in [2.24, 2.45) is 0 Å². The molecule has 0 fully saturated rings. The van der Waals surface area contributed by atoms with Gasteiger partial charge in [0.15, 0.2) is 0 Å². The van der Waals surface area contributed by atoms with E-state index in [-0.39, 0.29) is 5.56 Å². The van der Waals surface area contributed by atoms with E-state index in [2.05, 4.69) is 4.98 Å². The van der Waals surface area contributed by atoms with Gasteiger partial charge in [0.2, 0.25) is 5.56 Å². The highest BCUT2D eigenvalue weighted by molar-refractivity contribution is 6.38. The Balaban J connectivity index is 2.95. The summed E-state index contributed by atoms with van der Waals surface area (Å²) in [5.41, 5.74) is 0.454. The summed E-state index contributed by atoms with van der Waals surface area (Å²) in [5.74, 6) is 0. The van der Waals surface area contributed by atoms with Gasteiger partial charge in [-0.15, -0.1) is 0 Å². The molecule has 0 saturated carbocycles. The molecule has 0 saturated heterocycles. The third kappa shape index (κ3) is 1.55. The van der Waals surface area contributed by atoms with Crippen LogP contribution in [-0.2, 0) is 0 Å². The first-order chi connectivity index (χ1) is 6.16. The normalized spacial score (nSPS) is 10.6. The molecule has 0 atom stereocenters. The van der Waals surface area contributed by atoms with Crippen LogP contribution >= 0.6 is 23.2 Å². The molecule has 1 aromatic carbocycles. The maximum absolute atomic E-state index is 11.0. The van der Waals surface area contributed by atoms with E-state index in [1.807, 2.05) is 0 Å². The van der Waals surface area contributed by atoms with Gasteiger partial charge in [0.25, 0.3) is 0 Å². The standard InChI is InChI=1S/C9H5Cl2NO/c10-6-3-5-1-2-8(13)12-9(5)7(11)4-6/h1-4H,(H,12,13). The topological polar surface area (TPSA) is 32.9 Å². The van der Waals surface area contributed by atoms with E-state index in [1.165, 1.54) is 6.07 Å². The highest BCUT2D eigenvalue weighted by atomic mass is 35.5. The lowest BCUT2D eigenvalue weighted by atomic mass is 10.2. The lowest BCUT2D eigenvalue weighted by Gasteiger charge is -1.99. The molecule has 0 bridgehead atoms. The third-order valence-corrected chi connectivity index (χ3v) is 2.26. The highest BCUT2D eigenvalue weighted by Gasteiger charge is 2.01. The highest BCUT2D eigenvalue weighted by Crippen LogP contribution is 2.24. The molecule has 1 aromatic heterocycles. The quantitative estimate of drug-likeness (QED) is 0.718. The fraction of sp³-hybridized carbons (Fsp3) is 0. The smallest absolute Gasteiger partial charge is 0.248 e. The van der Waals surface area contributed by atoms with Crippen LogP contribution in [0.5, 0.6) is 0 Å². The molecule has 1 N–H and O–H groups in total. The predicted molar refractivity (Wildman–Crippen MR) is 54.6 cm³/mol. The van der Waals surface area contributed by atoms with E-state index in [9.17, 15) is 4.79 Å². The van der Waals surface area contributed by atoms with Crippen LogP contribution in [-0.4, -0.2) is 4.98 Å². The number of halogens is 2. The molecule has 1 heterocycles. The van der Waals surface area contributed by atoms with Gasteiger partial charge in [-0.1, -0.05) is 23.2 Å². The van der Waals surface area contributed by atoms with Crippen molar-refractivity contribution in [3.8, 4) is 0 Å². The van der Waals surface area contributed by atoms with Gasteiger partial charge in [-0.25, -0.2) is 0 Å². The number of benzene rings is 1. The fourth-order valence-electron chi connectivity index (χ4n) is 1.19. The second kappa shape index (κ2) is 3.05. The average molecular weight is 214 g/mol. The number of H-pyrrole nitrogens is 1. The van der Waals surface area contributed by atoms with Gasteiger partial charge in [-0.2, -0.15) is 0 Å². The van der Waals surface area contributed by atoms with Crippen molar-refractivity contribution in [2.45, 2.75) is 0 Å². The zero-order valence-corrected chi connectivity index (χ0v) is 7.99. The molecular weight excluding hydrogens is 209 g/mol. The first-order valence-corrected chi connectivity index (χ1v) is 4.40. The van der Waals surface area contributed by atoms with Crippen molar-refractivity contribution in [3.05, 3.63) is 44.7 Å². The lowest BCUT2D eigenvalue weighted by Crippen LogP contribution is -2.02. The van der Waals surface area contributed by atoms with Gasteiger partial charge in [-0.3, -0.25) is 4.79 Å². The van der Waals surface area contributed by atoms with E-state index in [0.29, 0.717) is 15.6 Å². The molecule has 2 aromatic rings. The van der Waals surface area contributed by atoms with Gasteiger partial charge >= 0.3 is 0 Å². The minimum atomic E-state index is -0.170. The molecule has 0 aliphatic heterocycles. The molecule has 0 radical (unpaired) electrons. The van der Waals surface area contributed by atoms with Crippen LogP contribution in [0.15, 0.2) is 29.1 Å². The Kier molecular flexibility index (Phi) is 2.02. The summed E-state index contributed by atoms with van der Waals surface area (Å²) < 4.78 is 0. The van der Waals surface area contributed by atoms with Gasteiger partial charge in [-0.05, 0) is 18.2 Å². The molecule has 0 spiro atoms. The van der Waals surface area contributed by atoms with E-state index >= 15 is 0 Å². The van der Waals surface area contributed by atoms with Gasteiger partial charge in [0.1, 0.15) is 0 Å². The Labute approximate surface area is 84.1 Å². The second-order valence-corrected chi connectivity index (χ2v) is 3.52. The molecular formula is C9H5Cl2NO. The van der Waals surface area contributed by atoms with Crippen LogP contribution in [0.2, 0.25) is 10.0 Å². The summed E-state index contributed by atoms with van der Waals surface area (Å²) in [6.07, 6.45) is 0. The Hall–Kier alpha value is -0.990. The van der Waals surface area contributed by atoms with Crippen molar-refractivity contribution in [3.63, 3.8) is 0 Å². The van der Waals surface area contributed by atoms with Crippen LogP contribution in [0.1, 0.15) is 0 Å². The largest absolute Gasteiger partial charge is 0.321 e. The monoisotopic (exact) mass is 213 g/mol. The number of fused-ring (bicyclic) bond motifs is 1. The summed E-state index contributed by atoms with van der Waals surface area (Å²) in [6, 6.07) is 6.47. The van der Waals surface area contributed by atoms with Crippen LogP contribution < -0.4 is 5.56 Å². The van der Waals surface area contributed by atoms with Crippen molar-refractivity contribution in [1.29, 1.82) is 0 Å². The lowest BCUT2D eigenvalue weighted by molar-refractivity contribution is 1.31. The molecule has 2 nitrogen and oxygen atoms in total. The molecule has 0 unspecified atom stereocenters. The Bertz CT molecular complexity index is 518.